The Morgan fingerprint density at radius 1 is 1.69 bits per heavy atom. The number of carboxylic acids is 1. The highest BCUT2D eigenvalue weighted by molar-refractivity contribution is 9.11. The Balaban J connectivity index is 2.07. The van der Waals surface area contributed by atoms with E-state index in [1.165, 1.54) is 0 Å². The fourth-order valence-electron chi connectivity index (χ4n) is 1.97. The molecule has 0 fully saturated rings. The SMILES string of the molecule is NC(CC1=CNC2=CC=C(Br)CC12)C(=O)O. The minimum Gasteiger partial charge on any atom is -0.480 e. The van der Waals surface area contributed by atoms with Crippen molar-refractivity contribution in [2.45, 2.75) is 18.9 Å². The first-order valence-electron chi connectivity index (χ1n) is 5.08. The van der Waals surface area contributed by atoms with Crippen LogP contribution in [0.5, 0.6) is 0 Å². The molecule has 0 aromatic heterocycles. The van der Waals surface area contributed by atoms with Crippen LogP contribution < -0.4 is 11.1 Å². The van der Waals surface area contributed by atoms with Gasteiger partial charge in [0.05, 0.1) is 0 Å². The summed E-state index contributed by atoms with van der Waals surface area (Å²) in [5.41, 5.74) is 7.72. The predicted octanol–water partition coefficient (Wildman–Crippen LogP) is 1.46. The maximum absolute atomic E-state index is 10.7. The van der Waals surface area contributed by atoms with Crippen LogP contribution in [-0.2, 0) is 4.79 Å². The normalized spacial score (nSPS) is 24.9. The third kappa shape index (κ3) is 2.20. The van der Waals surface area contributed by atoms with Crippen molar-refractivity contribution >= 4 is 21.9 Å². The Morgan fingerprint density at radius 2 is 2.44 bits per heavy atom. The summed E-state index contributed by atoms with van der Waals surface area (Å²) in [6, 6.07) is -0.822. The van der Waals surface area contributed by atoms with Gasteiger partial charge in [-0.2, -0.15) is 0 Å². The molecular formula is C11H13BrN2O2. The second-order valence-electron chi connectivity index (χ2n) is 4.00. The molecule has 0 amide bonds. The number of hydrogen-bond donors (Lipinski definition) is 3. The molecule has 0 spiro atoms. The third-order valence-corrected chi connectivity index (χ3v) is 3.45. The zero-order valence-electron chi connectivity index (χ0n) is 8.61. The van der Waals surface area contributed by atoms with Crippen LogP contribution in [0.1, 0.15) is 12.8 Å². The first kappa shape index (κ1) is 11.4. The van der Waals surface area contributed by atoms with E-state index in [-0.39, 0.29) is 5.92 Å². The van der Waals surface area contributed by atoms with Crippen molar-refractivity contribution in [2.24, 2.45) is 11.7 Å². The molecule has 2 aliphatic rings. The van der Waals surface area contributed by atoms with Gasteiger partial charge in [-0.3, -0.25) is 4.79 Å². The van der Waals surface area contributed by atoms with Crippen LogP contribution in [0.15, 0.2) is 34.1 Å². The number of allylic oxidation sites excluding steroid dienone is 4. The van der Waals surface area contributed by atoms with Crippen molar-refractivity contribution < 1.29 is 9.90 Å². The van der Waals surface area contributed by atoms with E-state index in [0.29, 0.717) is 6.42 Å². The number of nitrogens with two attached hydrogens (primary N) is 1. The van der Waals surface area contributed by atoms with Crippen molar-refractivity contribution in [3.63, 3.8) is 0 Å². The molecule has 2 unspecified atom stereocenters. The van der Waals surface area contributed by atoms with Gasteiger partial charge in [0.1, 0.15) is 6.04 Å². The Bertz CT molecular complexity index is 412. The summed E-state index contributed by atoms with van der Waals surface area (Å²) >= 11 is 3.46. The van der Waals surface area contributed by atoms with E-state index in [9.17, 15) is 4.79 Å². The highest BCUT2D eigenvalue weighted by Gasteiger charge is 2.28. The van der Waals surface area contributed by atoms with E-state index in [1.54, 1.807) is 0 Å². The Morgan fingerprint density at radius 3 is 3.12 bits per heavy atom. The molecule has 86 valence electrons. The molecule has 4 nitrogen and oxygen atoms in total. The number of carboxylic acid groups (broad SMARTS) is 1. The van der Waals surface area contributed by atoms with Gasteiger partial charge in [-0.15, -0.1) is 0 Å². The summed E-state index contributed by atoms with van der Waals surface area (Å²) in [5, 5.41) is 11.9. The van der Waals surface area contributed by atoms with Crippen molar-refractivity contribution in [2.75, 3.05) is 0 Å². The molecule has 0 aromatic carbocycles. The molecule has 4 N–H and O–H groups in total. The summed E-state index contributed by atoms with van der Waals surface area (Å²) < 4.78 is 1.12. The smallest absolute Gasteiger partial charge is 0.320 e. The lowest BCUT2D eigenvalue weighted by atomic mass is 9.89. The van der Waals surface area contributed by atoms with Gasteiger partial charge in [0.2, 0.25) is 0 Å². The Kier molecular flexibility index (Phi) is 3.16. The lowest BCUT2D eigenvalue weighted by Crippen LogP contribution is -2.31. The molecule has 2 atom stereocenters. The van der Waals surface area contributed by atoms with Gasteiger partial charge in [-0.1, -0.05) is 22.0 Å². The quantitative estimate of drug-likeness (QED) is 0.733. The number of nitrogens with one attached hydrogen (secondary N) is 1. The van der Waals surface area contributed by atoms with Crippen LogP contribution >= 0.6 is 15.9 Å². The van der Waals surface area contributed by atoms with Crippen LogP contribution in [0, 0.1) is 5.92 Å². The summed E-state index contributed by atoms with van der Waals surface area (Å²) in [4.78, 5) is 10.7. The van der Waals surface area contributed by atoms with E-state index in [0.717, 1.165) is 22.2 Å². The van der Waals surface area contributed by atoms with E-state index in [2.05, 4.69) is 21.2 Å². The van der Waals surface area contributed by atoms with Gasteiger partial charge < -0.3 is 16.2 Å². The molecule has 0 saturated carbocycles. The van der Waals surface area contributed by atoms with Crippen LogP contribution in [0.4, 0.5) is 0 Å². The Hall–Kier alpha value is -1.07. The summed E-state index contributed by atoms with van der Waals surface area (Å²) in [5.74, 6) is -0.700. The third-order valence-electron chi connectivity index (χ3n) is 2.86. The fourth-order valence-corrected chi connectivity index (χ4v) is 2.42. The number of aliphatic carboxylic acids is 1. The molecule has 1 heterocycles. The molecule has 1 aliphatic heterocycles. The molecule has 0 aromatic rings. The van der Waals surface area contributed by atoms with Crippen molar-refractivity contribution in [1.29, 1.82) is 0 Å². The van der Waals surface area contributed by atoms with Crippen LogP contribution in [0.25, 0.3) is 0 Å². The molecule has 0 radical (unpaired) electrons. The lowest BCUT2D eigenvalue weighted by molar-refractivity contribution is -0.138. The zero-order chi connectivity index (χ0) is 11.7. The zero-order valence-corrected chi connectivity index (χ0v) is 10.2. The largest absolute Gasteiger partial charge is 0.480 e. The molecule has 0 saturated heterocycles. The van der Waals surface area contributed by atoms with E-state index in [1.807, 2.05) is 18.4 Å². The number of carbonyl (C=O) groups is 1. The number of rotatable bonds is 3. The van der Waals surface area contributed by atoms with Gasteiger partial charge in [-0.05, 0) is 29.0 Å². The summed E-state index contributed by atoms with van der Waals surface area (Å²) in [6.45, 7) is 0. The van der Waals surface area contributed by atoms with Crippen molar-refractivity contribution in [3.8, 4) is 0 Å². The topological polar surface area (TPSA) is 75.3 Å². The number of fused-ring (bicyclic) bond motifs is 1. The van der Waals surface area contributed by atoms with E-state index < -0.39 is 12.0 Å². The van der Waals surface area contributed by atoms with Gasteiger partial charge in [-0.25, -0.2) is 0 Å². The van der Waals surface area contributed by atoms with Crippen LogP contribution in [-0.4, -0.2) is 17.1 Å². The highest BCUT2D eigenvalue weighted by atomic mass is 79.9. The minimum atomic E-state index is -0.955. The average molecular weight is 285 g/mol. The molecular weight excluding hydrogens is 272 g/mol. The first-order valence-corrected chi connectivity index (χ1v) is 5.87. The number of hydrogen-bond acceptors (Lipinski definition) is 3. The van der Waals surface area contributed by atoms with Gasteiger partial charge in [0.15, 0.2) is 0 Å². The molecule has 5 heteroatoms. The maximum Gasteiger partial charge on any atom is 0.320 e. The molecule has 0 bridgehead atoms. The summed E-state index contributed by atoms with van der Waals surface area (Å²) in [7, 11) is 0. The van der Waals surface area contributed by atoms with Crippen LogP contribution in [0.2, 0.25) is 0 Å². The monoisotopic (exact) mass is 284 g/mol. The Labute approximate surface area is 102 Å². The average Bonchev–Trinajstić information content (AvgIpc) is 2.61. The van der Waals surface area contributed by atoms with E-state index >= 15 is 0 Å². The maximum atomic E-state index is 10.7. The summed E-state index contributed by atoms with van der Waals surface area (Å²) in [6.07, 6.45) is 7.15. The van der Waals surface area contributed by atoms with E-state index in [4.69, 9.17) is 10.8 Å². The highest BCUT2D eigenvalue weighted by Crippen LogP contribution is 2.37. The standard InChI is InChI=1S/C11H13BrN2O2/c12-7-1-2-10-8(4-7)6(5-14-10)3-9(13)11(15)16/h1-2,5,8-9,14H,3-4,13H2,(H,15,16). The molecule has 1 aliphatic carbocycles. The first-order chi connectivity index (χ1) is 7.58. The minimum absolute atomic E-state index is 0.254. The second-order valence-corrected chi connectivity index (χ2v) is 5.02. The van der Waals surface area contributed by atoms with Crippen molar-refractivity contribution in [1.82, 2.24) is 5.32 Å². The molecule has 2 rings (SSSR count). The molecule has 16 heavy (non-hydrogen) atoms. The predicted molar refractivity (Wildman–Crippen MR) is 64.6 cm³/mol. The van der Waals surface area contributed by atoms with Gasteiger partial charge in [0, 0.05) is 17.8 Å². The van der Waals surface area contributed by atoms with Gasteiger partial charge in [0.25, 0.3) is 0 Å². The fraction of sp³-hybridized carbons (Fsp3) is 0.364. The lowest BCUT2D eigenvalue weighted by Gasteiger charge is -2.20. The van der Waals surface area contributed by atoms with Crippen molar-refractivity contribution in [3.05, 3.63) is 34.1 Å². The van der Waals surface area contributed by atoms with Crippen LogP contribution in [0.3, 0.4) is 0 Å². The van der Waals surface area contributed by atoms with Gasteiger partial charge >= 0.3 is 5.97 Å². The second kappa shape index (κ2) is 4.43. The number of halogens is 1.